The first-order valence-corrected chi connectivity index (χ1v) is 6.81. The molecule has 102 valence electrons. The largest absolute Gasteiger partial charge is 0.461 e. The van der Waals surface area contributed by atoms with Crippen molar-refractivity contribution in [3.05, 3.63) is 0 Å². The number of anilines is 1. The molecule has 1 atom stereocenters. The maximum absolute atomic E-state index is 8.89. The molecule has 0 aromatic carbocycles. The normalized spacial score (nSPS) is 12.6. The van der Waals surface area contributed by atoms with Gasteiger partial charge in [0.05, 0.1) is 6.10 Å². The molecule has 2 N–H and O–H groups in total. The van der Waals surface area contributed by atoms with Gasteiger partial charge in [-0.1, -0.05) is 18.7 Å². The predicted molar refractivity (Wildman–Crippen MR) is 72.2 cm³/mol. The molecule has 6 nitrogen and oxygen atoms in total. The van der Waals surface area contributed by atoms with Crippen LogP contribution >= 0.6 is 11.8 Å². The minimum Gasteiger partial charge on any atom is -0.461 e. The highest BCUT2D eigenvalue weighted by Gasteiger charge is 2.11. The lowest BCUT2D eigenvalue weighted by Crippen LogP contribution is -2.11. The van der Waals surface area contributed by atoms with Crippen LogP contribution in [0, 0.1) is 0 Å². The lowest BCUT2D eigenvalue weighted by atomic mass is 10.4. The van der Waals surface area contributed by atoms with Crippen molar-refractivity contribution in [1.82, 2.24) is 15.0 Å². The number of hydrogen-bond donors (Lipinski definition) is 2. The quantitative estimate of drug-likeness (QED) is 0.729. The number of ether oxygens (including phenoxy) is 1. The molecule has 0 radical (unpaired) electrons. The number of rotatable bonds is 7. The summed E-state index contributed by atoms with van der Waals surface area (Å²) in [6.07, 6.45) is 0.718. The van der Waals surface area contributed by atoms with Gasteiger partial charge in [0.2, 0.25) is 5.95 Å². The predicted octanol–water partition coefficient (Wildman–Crippen LogP) is 1.56. The fraction of sp³-hybridized carbons (Fsp3) is 0.727. The van der Waals surface area contributed by atoms with Gasteiger partial charge in [-0.15, -0.1) is 0 Å². The van der Waals surface area contributed by atoms with Gasteiger partial charge >= 0.3 is 6.01 Å². The summed E-state index contributed by atoms with van der Waals surface area (Å²) in [6.45, 7) is 6.02. The lowest BCUT2D eigenvalue weighted by molar-refractivity contribution is 0.219. The standard InChI is InChI=1S/C11H20N4O2S/c1-7(2)17-10-13-9(12-4)14-11(15-10)18-8(3)5-6-16/h7-8,16H,5-6H2,1-4H3,(H,12,13,14,15). The van der Waals surface area contributed by atoms with Crippen molar-refractivity contribution in [3.8, 4) is 6.01 Å². The average molecular weight is 272 g/mol. The van der Waals surface area contributed by atoms with Crippen LogP contribution in [-0.4, -0.2) is 45.1 Å². The molecule has 0 aliphatic heterocycles. The van der Waals surface area contributed by atoms with E-state index in [1.165, 1.54) is 11.8 Å². The van der Waals surface area contributed by atoms with Gasteiger partial charge in [0.1, 0.15) is 0 Å². The van der Waals surface area contributed by atoms with Gasteiger partial charge in [-0.3, -0.25) is 0 Å². The van der Waals surface area contributed by atoms with Gasteiger partial charge < -0.3 is 15.2 Å². The van der Waals surface area contributed by atoms with E-state index in [1.807, 2.05) is 20.8 Å². The molecule has 1 aromatic heterocycles. The third-order valence-electron chi connectivity index (χ3n) is 2.00. The summed E-state index contributed by atoms with van der Waals surface area (Å²) in [5.74, 6) is 0.486. The molecule has 7 heteroatoms. The van der Waals surface area contributed by atoms with E-state index in [4.69, 9.17) is 9.84 Å². The SMILES string of the molecule is CNc1nc(OC(C)C)nc(SC(C)CCO)n1. The number of hydrogen-bond acceptors (Lipinski definition) is 7. The highest BCUT2D eigenvalue weighted by molar-refractivity contribution is 7.99. The monoisotopic (exact) mass is 272 g/mol. The van der Waals surface area contributed by atoms with E-state index in [9.17, 15) is 0 Å². The van der Waals surface area contributed by atoms with Gasteiger partial charge in [-0.05, 0) is 20.3 Å². The van der Waals surface area contributed by atoms with Crippen LogP contribution in [0.15, 0.2) is 5.16 Å². The van der Waals surface area contributed by atoms with E-state index in [1.54, 1.807) is 7.05 Å². The van der Waals surface area contributed by atoms with Crippen molar-refractivity contribution in [2.75, 3.05) is 19.0 Å². The first-order chi connectivity index (χ1) is 8.55. The van der Waals surface area contributed by atoms with Crippen LogP contribution in [0.25, 0.3) is 0 Å². The zero-order valence-corrected chi connectivity index (χ0v) is 12.0. The van der Waals surface area contributed by atoms with Gasteiger partial charge in [-0.25, -0.2) is 0 Å². The molecule has 0 spiro atoms. The second-order valence-electron chi connectivity index (χ2n) is 4.08. The maximum atomic E-state index is 8.89. The number of aliphatic hydroxyl groups excluding tert-OH is 1. The topological polar surface area (TPSA) is 80.2 Å². The van der Waals surface area contributed by atoms with Gasteiger partial charge in [0.25, 0.3) is 0 Å². The van der Waals surface area contributed by atoms with E-state index in [-0.39, 0.29) is 18.0 Å². The third-order valence-corrected chi connectivity index (χ3v) is 3.03. The summed E-state index contributed by atoms with van der Waals surface area (Å²) in [5.41, 5.74) is 0. The van der Waals surface area contributed by atoms with Crippen LogP contribution in [0.3, 0.4) is 0 Å². The van der Waals surface area contributed by atoms with E-state index in [0.717, 1.165) is 0 Å². The molecule has 1 rings (SSSR count). The van der Waals surface area contributed by atoms with E-state index >= 15 is 0 Å². The van der Waals surface area contributed by atoms with Crippen LogP contribution < -0.4 is 10.1 Å². The Morgan fingerprint density at radius 1 is 1.28 bits per heavy atom. The Balaban J connectivity index is 2.82. The van der Waals surface area contributed by atoms with Crippen LogP contribution in [0.5, 0.6) is 6.01 Å². The van der Waals surface area contributed by atoms with E-state index in [0.29, 0.717) is 23.5 Å². The molecular formula is C11H20N4O2S. The first-order valence-electron chi connectivity index (χ1n) is 5.93. The molecule has 1 heterocycles. The van der Waals surface area contributed by atoms with Gasteiger partial charge in [0, 0.05) is 18.9 Å². The molecule has 0 aliphatic rings. The Morgan fingerprint density at radius 2 is 2.00 bits per heavy atom. The zero-order valence-electron chi connectivity index (χ0n) is 11.2. The number of aliphatic hydroxyl groups is 1. The molecule has 0 saturated heterocycles. The van der Waals surface area contributed by atoms with Crippen molar-refractivity contribution in [2.45, 2.75) is 43.7 Å². The Kier molecular flexibility index (Phi) is 6.14. The Hall–Kier alpha value is -1.08. The number of nitrogens with zero attached hydrogens (tertiary/aromatic N) is 3. The van der Waals surface area contributed by atoms with Crippen LogP contribution in [0.4, 0.5) is 5.95 Å². The summed E-state index contributed by atoms with van der Waals surface area (Å²) < 4.78 is 5.47. The van der Waals surface area contributed by atoms with Gasteiger partial charge in [-0.2, -0.15) is 15.0 Å². The number of aromatic nitrogens is 3. The Labute approximate surface area is 112 Å². The number of thioether (sulfide) groups is 1. The van der Waals surface area contributed by atoms with Crippen molar-refractivity contribution in [3.63, 3.8) is 0 Å². The fourth-order valence-electron chi connectivity index (χ4n) is 1.19. The minimum atomic E-state index is 0.0184. The third kappa shape index (κ3) is 5.05. The summed E-state index contributed by atoms with van der Waals surface area (Å²) in [5, 5.41) is 12.6. The first kappa shape index (κ1) is 15.0. The van der Waals surface area contributed by atoms with Gasteiger partial charge in [0.15, 0.2) is 5.16 Å². The van der Waals surface area contributed by atoms with Crippen LogP contribution in [-0.2, 0) is 0 Å². The molecule has 0 fully saturated rings. The molecule has 1 aromatic rings. The molecular weight excluding hydrogens is 252 g/mol. The molecule has 1 unspecified atom stereocenters. The van der Waals surface area contributed by atoms with Crippen molar-refractivity contribution in [1.29, 1.82) is 0 Å². The Morgan fingerprint density at radius 3 is 2.56 bits per heavy atom. The highest BCUT2D eigenvalue weighted by atomic mass is 32.2. The fourth-order valence-corrected chi connectivity index (χ4v) is 2.04. The summed E-state index contributed by atoms with van der Waals surface area (Å²) in [7, 11) is 1.75. The lowest BCUT2D eigenvalue weighted by Gasteiger charge is -2.12. The van der Waals surface area contributed by atoms with Crippen molar-refractivity contribution >= 4 is 17.7 Å². The average Bonchev–Trinajstić information content (AvgIpc) is 2.27. The molecule has 0 aliphatic carbocycles. The maximum Gasteiger partial charge on any atom is 0.322 e. The molecule has 18 heavy (non-hydrogen) atoms. The smallest absolute Gasteiger partial charge is 0.322 e. The molecule has 0 bridgehead atoms. The summed E-state index contributed by atoms with van der Waals surface area (Å²) >= 11 is 1.50. The minimum absolute atomic E-state index is 0.0184. The summed E-state index contributed by atoms with van der Waals surface area (Å²) in [6, 6.07) is 0.322. The molecule has 0 saturated carbocycles. The Bertz CT molecular complexity index is 376. The van der Waals surface area contributed by atoms with Crippen molar-refractivity contribution in [2.24, 2.45) is 0 Å². The van der Waals surface area contributed by atoms with E-state index in [2.05, 4.69) is 20.3 Å². The van der Waals surface area contributed by atoms with Crippen LogP contribution in [0.1, 0.15) is 27.2 Å². The van der Waals surface area contributed by atoms with Crippen LogP contribution in [0.2, 0.25) is 0 Å². The highest BCUT2D eigenvalue weighted by Crippen LogP contribution is 2.23. The second-order valence-corrected chi connectivity index (χ2v) is 5.49. The summed E-state index contributed by atoms with van der Waals surface area (Å²) in [4.78, 5) is 12.6. The number of nitrogens with one attached hydrogen (secondary N) is 1. The van der Waals surface area contributed by atoms with E-state index < -0.39 is 0 Å². The molecule has 0 amide bonds. The zero-order chi connectivity index (χ0) is 13.5. The van der Waals surface area contributed by atoms with Crippen molar-refractivity contribution < 1.29 is 9.84 Å². The second kappa shape index (κ2) is 7.38.